The molecule has 1 fully saturated rings. The summed E-state index contributed by atoms with van der Waals surface area (Å²) in [6.45, 7) is 0.789. The molecule has 0 spiro atoms. The van der Waals surface area contributed by atoms with Crippen molar-refractivity contribution in [2.24, 2.45) is 5.73 Å². The molecular formula is C13H23N5. The molecule has 18 heavy (non-hydrogen) atoms. The third kappa shape index (κ3) is 3.32. The molecule has 100 valence electrons. The zero-order valence-electron chi connectivity index (χ0n) is 11.3. The fourth-order valence-corrected chi connectivity index (χ4v) is 2.36. The maximum absolute atomic E-state index is 6.39. The average molecular weight is 249 g/mol. The molecule has 1 aliphatic carbocycles. The summed E-state index contributed by atoms with van der Waals surface area (Å²) in [7, 11) is 3.87. The molecule has 0 radical (unpaired) electrons. The number of nitrogens with one attached hydrogen (secondary N) is 1. The van der Waals surface area contributed by atoms with Crippen LogP contribution in [0.5, 0.6) is 0 Å². The van der Waals surface area contributed by atoms with Gasteiger partial charge in [0.15, 0.2) is 0 Å². The quantitative estimate of drug-likeness (QED) is 0.848. The Bertz CT molecular complexity index is 385. The Morgan fingerprint density at radius 3 is 2.72 bits per heavy atom. The zero-order chi connectivity index (χ0) is 13.0. The van der Waals surface area contributed by atoms with Crippen LogP contribution < -0.4 is 16.0 Å². The van der Waals surface area contributed by atoms with Crippen molar-refractivity contribution in [3.63, 3.8) is 0 Å². The molecule has 0 unspecified atom stereocenters. The summed E-state index contributed by atoms with van der Waals surface area (Å²) in [4.78, 5) is 10.5. The van der Waals surface area contributed by atoms with Gasteiger partial charge in [0, 0.05) is 32.4 Å². The summed E-state index contributed by atoms with van der Waals surface area (Å²) in [5, 5.41) is 3.35. The predicted octanol–water partition coefficient (Wildman–Crippen LogP) is 1.62. The third-order valence-electron chi connectivity index (χ3n) is 3.51. The molecule has 1 aliphatic rings. The summed E-state index contributed by atoms with van der Waals surface area (Å²) in [5.41, 5.74) is 6.32. The van der Waals surface area contributed by atoms with E-state index in [1.807, 2.05) is 25.1 Å². The lowest BCUT2D eigenvalue weighted by atomic mass is 9.82. The summed E-state index contributed by atoms with van der Waals surface area (Å²) in [6.07, 6.45) is 7.78. The molecule has 1 heterocycles. The van der Waals surface area contributed by atoms with Gasteiger partial charge in [-0.25, -0.2) is 4.98 Å². The van der Waals surface area contributed by atoms with Gasteiger partial charge >= 0.3 is 0 Å². The van der Waals surface area contributed by atoms with Gasteiger partial charge < -0.3 is 16.0 Å². The minimum Gasteiger partial charge on any atom is -0.368 e. The Balaban J connectivity index is 1.95. The van der Waals surface area contributed by atoms with Crippen LogP contribution in [0.2, 0.25) is 0 Å². The Hall–Kier alpha value is -1.36. The van der Waals surface area contributed by atoms with Crippen LogP contribution >= 0.6 is 0 Å². The van der Waals surface area contributed by atoms with E-state index in [2.05, 4.69) is 15.3 Å². The fraction of sp³-hybridized carbons (Fsp3) is 0.692. The highest BCUT2D eigenvalue weighted by atomic mass is 15.2. The van der Waals surface area contributed by atoms with Crippen LogP contribution in [0.25, 0.3) is 0 Å². The maximum atomic E-state index is 6.39. The van der Waals surface area contributed by atoms with Gasteiger partial charge in [-0.3, -0.25) is 0 Å². The van der Waals surface area contributed by atoms with Crippen molar-refractivity contribution in [3.8, 4) is 0 Å². The number of hydrogen-bond acceptors (Lipinski definition) is 5. The lowest BCUT2D eigenvalue weighted by Gasteiger charge is -2.33. The van der Waals surface area contributed by atoms with E-state index in [-0.39, 0.29) is 5.54 Å². The molecule has 0 atom stereocenters. The van der Waals surface area contributed by atoms with Gasteiger partial charge in [0.1, 0.15) is 5.82 Å². The lowest BCUT2D eigenvalue weighted by molar-refractivity contribution is 0.311. The second-order valence-electron chi connectivity index (χ2n) is 5.41. The number of rotatable bonds is 4. The highest BCUT2D eigenvalue weighted by molar-refractivity contribution is 5.40. The Kier molecular flexibility index (Phi) is 4.01. The first-order valence-corrected chi connectivity index (χ1v) is 6.62. The summed E-state index contributed by atoms with van der Waals surface area (Å²) >= 11 is 0. The lowest BCUT2D eigenvalue weighted by Crippen LogP contribution is -2.47. The smallest absolute Gasteiger partial charge is 0.226 e. The van der Waals surface area contributed by atoms with Gasteiger partial charge in [-0.1, -0.05) is 19.3 Å². The first-order valence-electron chi connectivity index (χ1n) is 6.62. The van der Waals surface area contributed by atoms with Gasteiger partial charge in [0.2, 0.25) is 5.95 Å². The molecule has 1 aromatic heterocycles. The number of nitrogens with two attached hydrogens (primary N) is 1. The minimum absolute atomic E-state index is 0.0680. The number of aromatic nitrogens is 2. The van der Waals surface area contributed by atoms with Gasteiger partial charge in [-0.15, -0.1) is 0 Å². The second kappa shape index (κ2) is 5.52. The topological polar surface area (TPSA) is 67.1 Å². The highest BCUT2D eigenvalue weighted by Gasteiger charge is 2.27. The molecule has 0 bridgehead atoms. The molecule has 0 saturated heterocycles. The second-order valence-corrected chi connectivity index (χ2v) is 5.41. The fourth-order valence-electron chi connectivity index (χ4n) is 2.36. The molecule has 5 heteroatoms. The molecule has 1 saturated carbocycles. The van der Waals surface area contributed by atoms with Crippen LogP contribution in [0.4, 0.5) is 11.8 Å². The van der Waals surface area contributed by atoms with Crippen molar-refractivity contribution in [1.82, 2.24) is 9.97 Å². The van der Waals surface area contributed by atoms with E-state index < -0.39 is 0 Å². The largest absolute Gasteiger partial charge is 0.368 e. The predicted molar refractivity (Wildman–Crippen MR) is 74.9 cm³/mol. The van der Waals surface area contributed by atoms with Gasteiger partial charge in [0.05, 0.1) is 0 Å². The zero-order valence-corrected chi connectivity index (χ0v) is 11.3. The first kappa shape index (κ1) is 13.1. The minimum atomic E-state index is -0.0680. The summed E-state index contributed by atoms with van der Waals surface area (Å²) in [5.74, 6) is 1.57. The van der Waals surface area contributed by atoms with Crippen molar-refractivity contribution in [1.29, 1.82) is 0 Å². The molecule has 0 amide bonds. The van der Waals surface area contributed by atoms with Gasteiger partial charge in [-0.2, -0.15) is 4.98 Å². The van der Waals surface area contributed by atoms with Gasteiger partial charge in [0.25, 0.3) is 0 Å². The normalized spacial score (nSPS) is 18.4. The number of hydrogen-bond donors (Lipinski definition) is 2. The van der Waals surface area contributed by atoms with E-state index in [9.17, 15) is 0 Å². The van der Waals surface area contributed by atoms with E-state index >= 15 is 0 Å². The van der Waals surface area contributed by atoms with Crippen LogP contribution in [-0.4, -0.2) is 36.1 Å². The molecule has 5 nitrogen and oxygen atoms in total. The SMILES string of the molecule is CN(C)c1nccc(NCC2(N)CCCCC2)n1. The van der Waals surface area contributed by atoms with E-state index in [0.29, 0.717) is 0 Å². The Morgan fingerprint density at radius 2 is 2.06 bits per heavy atom. The van der Waals surface area contributed by atoms with Crippen LogP contribution in [0.3, 0.4) is 0 Å². The molecule has 0 aliphatic heterocycles. The van der Waals surface area contributed by atoms with Crippen LogP contribution in [-0.2, 0) is 0 Å². The number of nitrogens with zero attached hydrogens (tertiary/aromatic N) is 3. The van der Waals surface area contributed by atoms with Crippen molar-refractivity contribution < 1.29 is 0 Å². The molecule has 3 N–H and O–H groups in total. The standard InChI is InChI=1S/C13H23N5/c1-18(2)12-15-9-6-11(17-12)16-10-13(14)7-4-3-5-8-13/h6,9H,3-5,7-8,10,14H2,1-2H3,(H,15,16,17). The average Bonchev–Trinajstić information content (AvgIpc) is 2.38. The first-order chi connectivity index (χ1) is 8.59. The molecule has 0 aromatic carbocycles. The summed E-state index contributed by atoms with van der Waals surface area (Å²) in [6, 6.07) is 1.89. The van der Waals surface area contributed by atoms with Crippen molar-refractivity contribution in [3.05, 3.63) is 12.3 Å². The molecule has 2 rings (SSSR count). The van der Waals surface area contributed by atoms with E-state index in [0.717, 1.165) is 31.2 Å². The maximum Gasteiger partial charge on any atom is 0.226 e. The Labute approximate surface area is 109 Å². The van der Waals surface area contributed by atoms with E-state index in [4.69, 9.17) is 5.73 Å². The van der Waals surface area contributed by atoms with Gasteiger partial charge in [-0.05, 0) is 18.9 Å². The highest BCUT2D eigenvalue weighted by Crippen LogP contribution is 2.26. The van der Waals surface area contributed by atoms with E-state index in [1.165, 1.54) is 19.3 Å². The molecule has 1 aromatic rings. The van der Waals surface area contributed by atoms with Crippen molar-refractivity contribution >= 4 is 11.8 Å². The van der Waals surface area contributed by atoms with Crippen LogP contribution in [0.15, 0.2) is 12.3 Å². The Morgan fingerprint density at radius 1 is 1.33 bits per heavy atom. The molecular weight excluding hydrogens is 226 g/mol. The van der Waals surface area contributed by atoms with Crippen molar-refractivity contribution in [2.75, 3.05) is 30.9 Å². The summed E-state index contributed by atoms with van der Waals surface area (Å²) < 4.78 is 0. The van der Waals surface area contributed by atoms with Crippen LogP contribution in [0.1, 0.15) is 32.1 Å². The van der Waals surface area contributed by atoms with E-state index in [1.54, 1.807) is 6.20 Å². The third-order valence-corrected chi connectivity index (χ3v) is 3.51. The number of anilines is 2. The monoisotopic (exact) mass is 249 g/mol. The van der Waals surface area contributed by atoms with Crippen LogP contribution in [0, 0.1) is 0 Å². The van der Waals surface area contributed by atoms with Crippen molar-refractivity contribution in [2.45, 2.75) is 37.6 Å².